The highest BCUT2D eigenvalue weighted by molar-refractivity contribution is 5.98. The third-order valence-corrected chi connectivity index (χ3v) is 4.88. The molecule has 0 aromatic heterocycles. The largest absolute Gasteiger partial charge is 0.315 e. The molecule has 3 rings (SSSR count). The van der Waals surface area contributed by atoms with Crippen LogP contribution < -0.4 is 5.32 Å². The summed E-state index contributed by atoms with van der Waals surface area (Å²) in [5, 5.41) is 3.23. The van der Waals surface area contributed by atoms with E-state index in [0.29, 0.717) is 24.7 Å². The summed E-state index contributed by atoms with van der Waals surface area (Å²) in [6.45, 7) is 1.71. The zero-order chi connectivity index (χ0) is 12.5. The number of amides is 2. The van der Waals surface area contributed by atoms with Gasteiger partial charge in [-0.3, -0.25) is 14.5 Å². The maximum Gasteiger partial charge on any atom is 0.229 e. The zero-order valence-electron chi connectivity index (χ0n) is 10.9. The fraction of sp³-hybridized carbons (Fsp3) is 0.857. The number of piperidine rings is 1. The quantitative estimate of drug-likeness (QED) is 0.752. The smallest absolute Gasteiger partial charge is 0.229 e. The van der Waals surface area contributed by atoms with Crippen molar-refractivity contribution in [3.63, 3.8) is 0 Å². The number of carbonyl (C=O) groups is 2. The molecule has 1 saturated carbocycles. The molecule has 1 N–H and O–H groups in total. The van der Waals surface area contributed by atoms with Crippen LogP contribution in [-0.2, 0) is 9.59 Å². The summed E-state index contributed by atoms with van der Waals surface area (Å²) in [5.74, 6) is 1.12. The van der Waals surface area contributed by atoms with Gasteiger partial charge in [0, 0.05) is 19.4 Å². The van der Waals surface area contributed by atoms with E-state index in [2.05, 4.69) is 5.32 Å². The maximum absolute atomic E-state index is 12.2. The first-order valence-electron chi connectivity index (χ1n) is 7.31. The van der Waals surface area contributed by atoms with E-state index in [4.69, 9.17) is 0 Å². The van der Waals surface area contributed by atoms with E-state index in [1.807, 2.05) is 0 Å². The minimum absolute atomic E-state index is 0.0804. The van der Waals surface area contributed by atoms with Crippen LogP contribution in [0.25, 0.3) is 0 Å². The highest BCUT2D eigenvalue weighted by Crippen LogP contribution is 2.38. The van der Waals surface area contributed by atoms with Crippen LogP contribution in [0.1, 0.15) is 44.9 Å². The predicted molar refractivity (Wildman–Crippen MR) is 67.8 cm³/mol. The molecule has 18 heavy (non-hydrogen) atoms. The average Bonchev–Trinajstić information content (AvgIpc) is 3.01. The molecule has 0 bridgehead atoms. The molecular weight excluding hydrogens is 228 g/mol. The topological polar surface area (TPSA) is 49.4 Å². The first kappa shape index (κ1) is 12.2. The summed E-state index contributed by atoms with van der Waals surface area (Å²) in [6, 6.07) is 0.120. The van der Waals surface area contributed by atoms with Crippen molar-refractivity contribution in [1.29, 1.82) is 0 Å². The lowest BCUT2D eigenvalue weighted by Gasteiger charge is -2.35. The van der Waals surface area contributed by atoms with Crippen molar-refractivity contribution in [1.82, 2.24) is 10.2 Å². The molecule has 4 heteroatoms. The van der Waals surface area contributed by atoms with Crippen LogP contribution in [0.15, 0.2) is 0 Å². The minimum atomic E-state index is 0.0804. The number of hydrogen-bond acceptors (Lipinski definition) is 3. The van der Waals surface area contributed by atoms with Gasteiger partial charge in [-0.05, 0) is 24.8 Å². The monoisotopic (exact) mass is 250 g/mol. The fourth-order valence-corrected chi connectivity index (χ4v) is 3.89. The van der Waals surface area contributed by atoms with Crippen molar-refractivity contribution >= 4 is 11.8 Å². The summed E-state index contributed by atoms with van der Waals surface area (Å²) < 4.78 is 0. The van der Waals surface area contributed by atoms with E-state index in [-0.39, 0.29) is 17.9 Å². The van der Waals surface area contributed by atoms with E-state index in [9.17, 15) is 9.59 Å². The summed E-state index contributed by atoms with van der Waals surface area (Å²) in [4.78, 5) is 26.0. The lowest BCUT2D eigenvalue weighted by atomic mass is 9.82. The van der Waals surface area contributed by atoms with Gasteiger partial charge in [-0.1, -0.05) is 25.7 Å². The van der Waals surface area contributed by atoms with Gasteiger partial charge < -0.3 is 5.32 Å². The second kappa shape index (κ2) is 5.00. The van der Waals surface area contributed by atoms with E-state index in [1.165, 1.54) is 25.7 Å². The van der Waals surface area contributed by atoms with Crippen LogP contribution in [0.4, 0.5) is 0 Å². The van der Waals surface area contributed by atoms with E-state index < -0.39 is 0 Å². The number of nitrogens with zero attached hydrogens (tertiary/aromatic N) is 1. The molecule has 0 radical (unpaired) electrons. The van der Waals surface area contributed by atoms with Gasteiger partial charge in [-0.25, -0.2) is 0 Å². The number of hydrogen-bond donors (Lipinski definition) is 1. The number of rotatable bonds is 2. The van der Waals surface area contributed by atoms with E-state index in [1.54, 1.807) is 4.90 Å². The molecular formula is C14H22N2O2. The third kappa shape index (κ3) is 2.18. The molecule has 1 atom stereocenters. The first-order chi connectivity index (χ1) is 8.75. The molecule has 0 aromatic carbocycles. The molecule has 1 unspecified atom stereocenters. The van der Waals surface area contributed by atoms with Crippen LogP contribution in [-0.4, -0.2) is 35.8 Å². The Hall–Kier alpha value is -0.900. The standard InChI is InChI=1S/C14H22N2O2/c17-13-7-11(10-3-1-2-4-10)8-14(18)16(13)12-5-6-15-9-12/h10-12,15H,1-9H2. The zero-order valence-corrected chi connectivity index (χ0v) is 10.9. The normalized spacial score (nSPS) is 31.6. The highest BCUT2D eigenvalue weighted by Gasteiger charge is 2.40. The van der Waals surface area contributed by atoms with Crippen molar-refractivity contribution in [2.45, 2.75) is 51.0 Å². The summed E-state index contributed by atoms with van der Waals surface area (Å²) in [5.41, 5.74) is 0. The molecule has 3 aliphatic rings. The maximum atomic E-state index is 12.2. The molecule has 100 valence electrons. The number of likely N-dealkylation sites (tertiary alicyclic amines) is 1. The molecule has 2 heterocycles. The molecule has 2 saturated heterocycles. The van der Waals surface area contributed by atoms with Crippen molar-refractivity contribution < 1.29 is 9.59 Å². The molecule has 2 aliphatic heterocycles. The summed E-state index contributed by atoms with van der Waals surface area (Å²) in [7, 11) is 0. The summed E-state index contributed by atoms with van der Waals surface area (Å²) >= 11 is 0. The van der Waals surface area contributed by atoms with Gasteiger partial charge in [0.15, 0.2) is 0 Å². The number of carbonyl (C=O) groups excluding carboxylic acids is 2. The van der Waals surface area contributed by atoms with Crippen molar-refractivity contribution in [2.75, 3.05) is 13.1 Å². The van der Waals surface area contributed by atoms with Crippen LogP contribution in [0, 0.1) is 11.8 Å². The SMILES string of the molecule is O=C1CC(C2CCCC2)CC(=O)N1C1CCNC1. The second-order valence-corrected chi connectivity index (χ2v) is 6.02. The lowest BCUT2D eigenvalue weighted by molar-refractivity contribution is -0.153. The molecule has 4 nitrogen and oxygen atoms in total. The summed E-state index contributed by atoms with van der Waals surface area (Å²) in [6.07, 6.45) is 7.12. The Morgan fingerprint density at radius 3 is 2.17 bits per heavy atom. The Morgan fingerprint density at radius 2 is 1.61 bits per heavy atom. The van der Waals surface area contributed by atoms with Crippen molar-refractivity contribution in [3.05, 3.63) is 0 Å². The second-order valence-electron chi connectivity index (χ2n) is 6.02. The van der Waals surface area contributed by atoms with Crippen molar-refractivity contribution in [2.24, 2.45) is 11.8 Å². The Morgan fingerprint density at radius 1 is 0.944 bits per heavy atom. The van der Waals surface area contributed by atoms with Gasteiger partial charge in [0.2, 0.25) is 11.8 Å². The van der Waals surface area contributed by atoms with Gasteiger partial charge in [-0.15, -0.1) is 0 Å². The molecule has 2 amide bonds. The first-order valence-corrected chi connectivity index (χ1v) is 7.31. The Bertz CT molecular complexity index is 326. The fourth-order valence-electron chi connectivity index (χ4n) is 3.89. The van der Waals surface area contributed by atoms with Gasteiger partial charge in [0.25, 0.3) is 0 Å². The van der Waals surface area contributed by atoms with Crippen LogP contribution in [0.3, 0.4) is 0 Å². The minimum Gasteiger partial charge on any atom is -0.315 e. The van der Waals surface area contributed by atoms with Gasteiger partial charge in [0.1, 0.15) is 0 Å². The Balaban J connectivity index is 1.67. The molecule has 1 aliphatic carbocycles. The molecule has 0 spiro atoms. The lowest BCUT2D eigenvalue weighted by Crippen LogP contribution is -2.50. The van der Waals surface area contributed by atoms with Crippen LogP contribution in [0.2, 0.25) is 0 Å². The van der Waals surface area contributed by atoms with Gasteiger partial charge in [-0.2, -0.15) is 0 Å². The van der Waals surface area contributed by atoms with Gasteiger partial charge >= 0.3 is 0 Å². The van der Waals surface area contributed by atoms with Crippen LogP contribution >= 0.6 is 0 Å². The Labute approximate surface area is 108 Å². The van der Waals surface area contributed by atoms with Crippen LogP contribution in [0.5, 0.6) is 0 Å². The van der Waals surface area contributed by atoms with Crippen molar-refractivity contribution in [3.8, 4) is 0 Å². The third-order valence-electron chi connectivity index (χ3n) is 4.88. The number of imide groups is 1. The van der Waals surface area contributed by atoms with E-state index in [0.717, 1.165) is 19.5 Å². The average molecular weight is 250 g/mol. The highest BCUT2D eigenvalue weighted by atomic mass is 16.2. The van der Waals surface area contributed by atoms with E-state index >= 15 is 0 Å². The number of nitrogens with one attached hydrogen (secondary N) is 1. The van der Waals surface area contributed by atoms with Gasteiger partial charge in [0.05, 0.1) is 6.04 Å². The molecule has 0 aromatic rings. The Kier molecular flexibility index (Phi) is 3.37. The predicted octanol–water partition coefficient (Wildman–Crippen LogP) is 1.30. The molecule has 3 fully saturated rings.